The van der Waals surface area contributed by atoms with Crippen LogP contribution >= 0.6 is 23.2 Å². The molecule has 1 aliphatic heterocycles. The van der Waals surface area contributed by atoms with Gasteiger partial charge in [-0.15, -0.1) is 0 Å². The summed E-state index contributed by atoms with van der Waals surface area (Å²) in [6, 6.07) is 16.6. The molecule has 0 radical (unpaired) electrons. The fraction of sp³-hybridized carbons (Fsp3) is 0.222. The molecule has 0 saturated carbocycles. The van der Waals surface area contributed by atoms with Crippen LogP contribution in [0.25, 0.3) is 0 Å². The molecular formula is C18H17Cl2N. The van der Waals surface area contributed by atoms with Crippen molar-refractivity contribution >= 4 is 23.2 Å². The van der Waals surface area contributed by atoms with Crippen molar-refractivity contribution in [2.24, 2.45) is 0 Å². The molecule has 0 aliphatic carbocycles. The molecule has 1 heterocycles. The van der Waals surface area contributed by atoms with E-state index in [0.29, 0.717) is 6.04 Å². The number of halogens is 2. The summed E-state index contributed by atoms with van der Waals surface area (Å²) in [6.07, 6.45) is 3.30. The van der Waals surface area contributed by atoms with Gasteiger partial charge in [-0.3, -0.25) is 5.32 Å². The van der Waals surface area contributed by atoms with E-state index in [2.05, 4.69) is 36.5 Å². The zero-order valence-corrected chi connectivity index (χ0v) is 13.3. The summed E-state index contributed by atoms with van der Waals surface area (Å²) >= 11 is 12.1. The second kappa shape index (κ2) is 6.23. The van der Waals surface area contributed by atoms with Gasteiger partial charge in [0.15, 0.2) is 0 Å². The minimum absolute atomic E-state index is 0.207. The van der Waals surface area contributed by atoms with E-state index in [4.69, 9.17) is 23.2 Å². The lowest BCUT2D eigenvalue weighted by Gasteiger charge is -2.31. The quantitative estimate of drug-likeness (QED) is 0.699. The largest absolute Gasteiger partial charge is 0.299 e. The molecule has 0 saturated heterocycles. The second-order valence-electron chi connectivity index (χ2n) is 5.44. The van der Waals surface area contributed by atoms with E-state index in [1.807, 2.05) is 30.3 Å². The molecule has 3 rings (SSSR count). The van der Waals surface area contributed by atoms with Gasteiger partial charge >= 0.3 is 0 Å². The third-order valence-corrected chi connectivity index (χ3v) is 4.44. The van der Waals surface area contributed by atoms with E-state index in [0.717, 1.165) is 16.5 Å². The van der Waals surface area contributed by atoms with Gasteiger partial charge in [0.05, 0.1) is 6.04 Å². The maximum Gasteiger partial charge on any atom is 0.0538 e. The topological polar surface area (TPSA) is 12.0 Å². The molecule has 108 valence electrons. The highest BCUT2D eigenvalue weighted by molar-refractivity contribution is 6.30. The molecule has 1 nitrogen and oxygen atoms in total. The van der Waals surface area contributed by atoms with Crippen LogP contribution in [0, 0.1) is 0 Å². The average Bonchev–Trinajstić information content (AvgIpc) is 2.49. The van der Waals surface area contributed by atoms with Gasteiger partial charge < -0.3 is 0 Å². The van der Waals surface area contributed by atoms with E-state index in [1.54, 1.807) is 0 Å². The minimum atomic E-state index is 0.207. The smallest absolute Gasteiger partial charge is 0.0538 e. The third-order valence-electron chi connectivity index (χ3n) is 3.95. The van der Waals surface area contributed by atoms with Gasteiger partial charge in [-0.1, -0.05) is 59.1 Å². The van der Waals surface area contributed by atoms with Gasteiger partial charge in [-0.2, -0.15) is 0 Å². The van der Waals surface area contributed by atoms with Crippen molar-refractivity contribution in [1.29, 1.82) is 0 Å². The van der Waals surface area contributed by atoms with E-state index >= 15 is 0 Å². The molecule has 0 spiro atoms. The molecule has 0 bridgehead atoms. The van der Waals surface area contributed by atoms with Gasteiger partial charge in [-0.05, 0) is 48.7 Å². The number of rotatable bonds is 2. The lowest BCUT2D eigenvalue weighted by atomic mass is 9.90. The molecule has 2 atom stereocenters. The molecule has 21 heavy (non-hydrogen) atoms. The highest BCUT2D eigenvalue weighted by atomic mass is 35.5. The van der Waals surface area contributed by atoms with Crippen LogP contribution in [-0.4, -0.2) is 0 Å². The summed E-state index contributed by atoms with van der Waals surface area (Å²) in [5.41, 5.74) is 3.80. The summed E-state index contributed by atoms with van der Waals surface area (Å²) in [5, 5.41) is 5.26. The van der Waals surface area contributed by atoms with Gasteiger partial charge in [0.25, 0.3) is 0 Å². The van der Waals surface area contributed by atoms with E-state index in [9.17, 15) is 0 Å². The fourth-order valence-corrected chi connectivity index (χ4v) is 3.12. The summed E-state index contributed by atoms with van der Waals surface area (Å²) in [4.78, 5) is 0. The molecule has 2 aromatic rings. The molecule has 0 aromatic heterocycles. The van der Waals surface area contributed by atoms with Crippen LogP contribution in [0.4, 0.5) is 0 Å². The molecule has 3 heteroatoms. The second-order valence-corrected chi connectivity index (χ2v) is 6.32. The summed E-state index contributed by atoms with van der Waals surface area (Å²) in [6.45, 7) is 2.16. The zero-order chi connectivity index (χ0) is 14.8. The van der Waals surface area contributed by atoms with Crippen molar-refractivity contribution < 1.29 is 0 Å². The highest BCUT2D eigenvalue weighted by Gasteiger charge is 2.23. The van der Waals surface area contributed by atoms with E-state index in [1.165, 1.54) is 16.7 Å². The number of benzene rings is 2. The minimum Gasteiger partial charge on any atom is -0.299 e. The first kappa shape index (κ1) is 14.6. The standard InChI is InChI=1S/C18H17Cl2N/c1-12-5-10-17(13-6-8-15(19)9-7-13)21-18(12)14-3-2-4-16(20)11-14/h2-9,11,17-18,21H,10H2,1H3/t17?,18-/m1/s1. The first-order chi connectivity index (χ1) is 10.1. The Bertz CT molecular complexity index is 661. The predicted molar refractivity (Wildman–Crippen MR) is 89.9 cm³/mol. The SMILES string of the molecule is CC1=CCC(c2ccc(Cl)cc2)N[C@H]1c1cccc(Cl)c1. The van der Waals surface area contributed by atoms with E-state index < -0.39 is 0 Å². The highest BCUT2D eigenvalue weighted by Crippen LogP contribution is 2.33. The summed E-state index contributed by atoms with van der Waals surface area (Å²) in [7, 11) is 0. The average molecular weight is 318 g/mol. The summed E-state index contributed by atoms with van der Waals surface area (Å²) < 4.78 is 0. The number of nitrogens with one attached hydrogen (secondary N) is 1. The van der Waals surface area contributed by atoms with Crippen molar-refractivity contribution in [3.05, 3.63) is 81.4 Å². The molecule has 1 aliphatic rings. The Labute approximate surface area is 135 Å². The molecule has 0 fully saturated rings. The van der Waals surface area contributed by atoms with Crippen LogP contribution < -0.4 is 5.32 Å². The van der Waals surface area contributed by atoms with Crippen molar-refractivity contribution in [1.82, 2.24) is 5.32 Å². The van der Waals surface area contributed by atoms with Gasteiger partial charge in [-0.25, -0.2) is 0 Å². The van der Waals surface area contributed by atoms with Crippen molar-refractivity contribution in [3.8, 4) is 0 Å². The Balaban J connectivity index is 1.87. The van der Waals surface area contributed by atoms with Crippen molar-refractivity contribution in [2.75, 3.05) is 0 Å². The Morgan fingerprint density at radius 2 is 1.71 bits per heavy atom. The van der Waals surface area contributed by atoms with Gasteiger partial charge in [0, 0.05) is 16.1 Å². The van der Waals surface area contributed by atoms with Crippen molar-refractivity contribution in [3.63, 3.8) is 0 Å². The zero-order valence-electron chi connectivity index (χ0n) is 11.8. The monoisotopic (exact) mass is 317 g/mol. The summed E-state index contributed by atoms with van der Waals surface area (Å²) in [5.74, 6) is 0. The van der Waals surface area contributed by atoms with Crippen molar-refractivity contribution in [2.45, 2.75) is 25.4 Å². The Morgan fingerprint density at radius 1 is 0.952 bits per heavy atom. The Kier molecular flexibility index (Phi) is 4.34. The number of hydrogen-bond donors (Lipinski definition) is 1. The van der Waals surface area contributed by atoms with Crippen LogP contribution in [0.3, 0.4) is 0 Å². The van der Waals surface area contributed by atoms with Crippen LogP contribution in [0.15, 0.2) is 60.2 Å². The first-order valence-corrected chi connectivity index (χ1v) is 7.83. The Morgan fingerprint density at radius 3 is 2.43 bits per heavy atom. The lowest BCUT2D eigenvalue weighted by Crippen LogP contribution is -2.30. The molecule has 2 aromatic carbocycles. The number of hydrogen-bond acceptors (Lipinski definition) is 1. The van der Waals surface area contributed by atoms with Crippen LogP contribution in [0.2, 0.25) is 10.0 Å². The fourth-order valence-electron chi connectivity index (χ4n) is 2.79. The normalized spacial score (nSPS) is 22.0. The lowest BCUT2D eigenvalue weighted by molar-refractivity contribution is 0.458. The maximum atomic E-state index is 6.12. The Hall–Kier alpha value is -1.28. The molecule has 1 unspecified atom stereocenters. The maximum absolute atomic E-state index is 6.12. The molecule has 0 amide bonds. The van der Waals surface area contributed by atoms with Gasteiger partial charge in [0.2, 0.25) is 0 Å². The van der Waals surface area contributed by atoms with Crippen LogP contribution in [0.1, 0.15) is 36.6 Å². The first-order valence-electron chi connectivity index (χ1n) is 7.07. The third kappa shape index (κ3) is 3.32. The molecule has 1 N–H and O–H groups in total. The van der Waals surface area contributed by atoms with Crippen LogP contribution in [-0.2, 0) is 0 Å². The molecular weight excluding hydrogens is 301 g/mol. The van der Waals surface area contributed by atoms with Crippen LogP contribution in [0.5, 0.6) is 0 Å². The van der Waals surface area contributed by atoms with Gasteiger partial charge in [0.1, 0.15) is 0 Å². The predicted octanol–water partition coefficient (Wildman–Crippen LogP) is 5.72. The van der Waals surface area contributed by atoms with E-state index in [-0.39, 0.29) is 6.04 Å².